The smallest absolute Gasteiger partial charge is 0.262 e. The largest absolute Gasteiger partial charge is 0.477 e. The van der Waals surface area contributed by atoms with Crippen molar-refractivity contribution >= 4 is 29.3 Å². The minimum absolute atomic E-state index is 0.132. The molecule has 25 heavy (non-hydrogen) atoms. The van der Waals surface area contributed by atoms with Crippen LogP contribution in [0.4, 0.5) is 5.69 Å². The Bertz CT molecular complexity index is 794. The molecule has 0 radical (unpaired) electrons. The highest BCUT2D eigenvalue weighted by atomic mass is 32.2. The van der Waals surface area contributed by atoms with E-state index in [4.69, 9.17) is 4.74 Å². The number of hydrogen-bond donors (Lipinski definition) is 1. The van der Waals surface area contributed by atoms with Crippen molar-refractivity contribution in [1.29, 1.82) is 0 Å². The van der Waals surface area contributed by atoms with Gasteiger partial charge in [-0.25, -0.2) is 0 Å². The number of fused-ring (bicyclic) bond motifs is 1. The molecule has 2 amide bonds. The fraction of sp³-hybridized carbons (Fsp3) is 0.263. The van der Waals surface area contributed by atoms with Crippen LogP contribution in [0.5, 0.6) is 5.75 Å². The molecule has 5 nitrogen and oxygen atoms in total. The van der Waals surface area contributed by atoms with E-state index in [1.54, 1.807) is 35.8 Å². The van der Waals surface area contributed by atoms with Crippen LogP contribution in [0.2, 0.25) is 0 Å². The second-order valence-corrected chi connectivity index (χ2v) is 6.60. The molecule has 1 aliphatic rings. The molecule has 3 rings (SSSR count). The van der Waals surface area contributed by atoms with Crippen LogP contribution in [0.25, 0.3) is 0 Å². The van der Waals surface area contributed by atoms with E-state index >= 15 is 0 Å². The molecule has 2 aromatic rings. The first-order chi connectivity index (χ1) is 12.1. The quantitative estimate of drug-likeness (QED) is 0.915. The van der Waals surface area contributed by atoms with Crippen LogP contribution in [0.1, 0.15) is 15.9 Å². The summed E-state index contributed by atoms with van der Waals surface area (Å²) in [6.45, 7) is 0.183. The molecule has 1 atom stereocenters. The van der Waals surface area contributed by atoms with Gasteiger partial charge in [0.2, 0.25) is 0 Å². The number of para-hydroxylation sites is 2. The Hall–Kier alpha value is -2.47. The highest BCUT2D eigenvalue weighted by Crippen LogP contribution is 2.34. The van der Waals surface area contributed by atoms with Crippen molar-refractivity contribution in [3.63, 3.8) is 0 Å². The summed E-state index contributed by atoms with van der Waals surface area (Å²) in [6, 6.07) is 14.9. The van der Waals surface area contributed by atoms with Gasteiger partial charge >= 0.3 is 0 Å². The van der Waals surface area contributed by atoms with E-state index in [9.17, 15) is 9.59 Å². The molecule has 2 aromatic carbocycles. The number of nitrogens with one attached hydrogen (secondary N) is 1. The van der Waals surface area contributed by atoms with E-state index in [2.05, 4.69) is 5.32 Å². The van der Waals surface area contributed by atoms with Crippen LogP contribution in [-0.2, 0) is 10.5 Å². The first kappa shape index (κ1) is 17.4. The molecule has 0 fully saturated rings. The summed E-state index contributed by atoms with van der Waals surface area (Å²) >= 11 is 1.71. The highest BCUT2D eigenvalue weighted by molar-refractivity contribution is 7.97. The molecule has 0 saturated heterocycles. The summed E-state index contributed by atoms with van der Waals surface area (Å²) in [7, 11) is 1.56. The Morgan fingerprint density at radius 3 is 2.80 bits per heavy atom. The number of likely N-dealkylation sites (N-methyl/N-ethyl adjacent to an activating group) is 1. The molecule has 1 N–H and O–H groups in total. The lowest BCUT2D eigenvalue weighted by Crippen LogP contribution is -2.50. The second-order valence-electron chi connectivity index (χ2n) is 5.74. The summed E-state index contributed by atoms with van der Waals surface area (Å²) in [5, 5.41) is 2.59. The summed E-state index contributed by atoms with van der Waals surface area (Å²) in [5.41, 5.74) is 2.39. The van der Waals surface area contributed by atoms with Gasteiger partial charge in [-0.3, -0.25) is 9.59 Å². The van der Waals surface area contributed by atoms with Gasteiger partial charge in [-0.2, -0.15) is 11.8 Å². The molecule has 0 saturated carbocycles. The van der Waals surface area contributed by atoms with Crippen molar-refractivity contribution in [3.8, 4) is 5.75 Å². The van der Waals surface area contributed by atoms with Gasteiger partial charge in [0.15, 0.2) is 6.10 Å². The first-order valence-electron chi connectivity index (χ1n) is 8.01. The lowest BCUT2D eigenvalue weighted by Gasteiger charge is -2.34. The van der Waals surface area contributed by atoms with Gasteiger partial charge < -0.3 is 15.0 Å². The van der Waals surface area contributed by atoms with E-state index in [1.165, 1.54) is 0 Å². The minimum Gasteiger partial charge on any atom is -0.477 e. The molecule has 0 bridgehead atoms. The van der Waals surface area contributed by atoms with Crippen LogP contribution < -0.4 is 15.0 Å². The molecule has 130 valence electrons. The fourth-order valence-electron chi connectivity index (χ4n) is 2.84. The normalized spacial score (nSPS) is 15.9. The predicted molar refractivity (Wildman–Crippen MR) is 100 cm³/mol. The number of carbonyl (C=O) groups is 2. The first-order valence-corrected chi connectivity index (χ1v) is 9.40. The van der Waals surface area contributed by atoms with Gasteiger partial charge in [0.1, 0.15) is 5.75 Å². The number of anilines is 1. The van der Waals surface area contributed by atoms with Crippen molar-refractivity contribution in [2.75, 3.05) is 24.7 Å². The Morgan fingerprint density at radius 2 is 2.04 bits per heavy atom. The number of thioether (sulfide) groups is 1. The second kappa shape index (κ2) is 7.61. The number of rotatable bonds is 4. The number of benzene rings is 2. The lowest BCUT2D eigenvalue weighted by molar-refractivity contribution is -0.127. The number of hydrogen-bond acceptors (Lipinski definition) is 4. The highest BCUT2D eigenvalue weighted by Gasteiger charge is 2.33. The van der Waals surface area contributed by atoms with Crippen molar-refractivity contribution in [3.05, 3.63) is 59.7 Å². The topological polar surface area (TPSA) is 58.6 Å². The number of amides is 2. The molecule has 0 aromatic heterocycles. The predicted octanol–water partition coefficient (Wildman–Crippen LogP) is 2.70. The van der Waals surface area contributed by atoms with Crippen LogP contribution >= 0.6 is 11.8 Å². The van der Waals surface area contributed by atoms with Gasteiger partial charge in [-0.1, -0.05) is 24.3 Å². The zero-order valence-electron chi connectivity index (χ0n) is 14.2. The lowest BCUT2D eigenvalue weighted by atomic mass is 10.1. The maximum absolute atomic E-state index is 13.1. The van der Waals surface area contributed by atoms with Crippen LogP contribution in [-0.4, -0.2) is 37.8 Å². The van der Waals surface area contributed by atoms with Gasteiger partial charge in [0.05, 0.1) is 12.2 Å². The van der Waals surface area contributed by atoms with Gasteiger partial charge in [-0.05, 0) is 36.1 Å². The van der Waals surface area contributed by atoms with Crippen molar-refractivity contribution in [2.24, 2.45) is 0 Å². The molecule has 6 heteroatoms. The Kier molecular flexibility index (Phi) is 5.28. The van der Waals surface area contributed by atoms with E-state index in [1.807, 2.05) is 42.7 Å². The standard InChI is InChI=1S/C19H20N2O3S/c1-20-18(22)17-11-21(15-8-3-4-9-16(15)24-17)19(23)14-7-5-6-13(10-14)12-25-2/h3-10,17H,11-12H2,1-2H3,(H,20,22)/t17-/m1/s1. The maximum Gasteiger partial charge on any atom is 0.262 e. The summed E-state index contributed by atoms with van der Waals surface area (Å²) in [4.78, 5) is 26.8. The van der Waals surface area contributed by atoms with Crippen LogP contribution in [0.15, 0.2) is 48.5 Å². The summed E-state index contributed by atoms with van der Waals surface area (Å²) in [6.07, 6.45) is 1.30. The minimum atomic E-state index is -0.724. The Labute approximate surface area is 151 Å². The van der Waals surface area contributed by atoms with Crippen LogP contribution in [0, 0.1) is 0 Å². The summed E-state index contributed by atoms with van der Waals surface area (Å²) < 4.78 is 5.75. The zero-order chi connectivity index (χ0) is 17.8. The third-order valence-electron chi connectivity index (χ3n) is 4.04. The molecule has 1 heterocycles. The van der Waals surface area contributed by atoms with Crippen molar-refractivity contribution in [1.82, 2.24) is 5.32 Å². The molecule has 0 spiro atoms. The number of carbonyl (C=O) groups excluding carboxylic acids is 2. The SMILES string of the molecule is CNC(=O)[C@H]1CN(C(=O)c2cccc(CSC)c2)c2ccccc2O1. The van der Waals surface area contributed by atoms with Crippen LogP contribution in [0.3, 0.4) is 0 Å². The number of ether oxygens (including phenoxy) is 1. The fourth-order valence-corrected chi connectivity index (χ4v) is 3.35. The molecular weight excluding hydrogens is 336 g/mol. The molecule has 0 aliphatic carbocycles. The van der Waals surface area contributed by atoms with Gasteiger partial charge in [-0.15, -0.1) is 0 Å². The third kappa shape index (κ3) is 3.64. The average Bonchev–Trinajstić information content (AvgIpc) is 2.66. The Morgan fingerprint density at radius 1 is 1.24 bits per heavy atom. The van der Waals surface area contributed by atoms with E-state index in [-0.39, 0.29) is 18.4 Å². The van der Waals surface area contributed by atoms with E-state index in [0.717, 1.165) is 11.3 Å². The molecule has 1 aliphatic heterocycles. The number of nitrogens with zero attached hydrogens (tertiary/aromatic N) is 1. The van der Waals surface area contributed by atoms with Crippen molar-refractivity contribution in [2.45, 2.75) is 11.9 Å². The monoisotopic (exact) mass is 356 g/mol. The third-order valence-corrected chi connectivity index (χ3v) is 4.66. The molecular formula is C19H20N2O3S. The van der Waals surface area contributed by atoms with Crippen molar-refractivity contribution < 1.29 is 14.3 Å². The zero-order valence-corrected chi connectivity index (χ0v) is 15.0. The summed E-state index contributed by atoms with van der Waals surface area (Å²) in [5.74, 6) is 1.01. The molecule has 0 unspecified atom stereocenters. The van der Waals surface area contributed by atoms with Gasteiger partial charge in [0, 0.05) is 18.4 Å². The Balaban J connectivity index is 1.95. The maximum atomic E-state index is 13.1. The van der Waals surface area contributed by atoms with Gasteiger partial charge in [0.25, 0.3) is 11.8 Å². The van der Waals surface area contributed by atoms with E-state index < -0.39 is 6.10 Å². The average molecular weight is 356 g/mol. The van der Waals surface area contributed by atoms with E-state index in [0.29, 0.717) is 17.0 Å².